The van der Waals surface area contributed by atoms with Crippen LogP contribution in [-0.2, 0) is 0 Å². The van der Waals surface area contributed by atoms with Crippen LogP contribution in [0.4, 0.5) is 0 Å². The summed E-state index contributed by atoms with van der Waals surface area (Å²) in [6.07, 6.45) is 0. The molecule has 1 nitrogen and oxygen atoms in total. The van der Waals surface area contributed by atoms with Crippen molar-refractivity contribution in [2.45, 2.75) is 0 Å². The molecule has 0 aliphatic rings. The molecule has 0 aliphatic carbocycles. The average molecular weight is 228 g/mol. The minimum Gasteiger partial charge on any atom is -0.354 e. The maximum atomic E-state index is 5.95. The summed E-state index contributed by atoms with van der Waals surface area (Å²) in [5.41, 5.74) is 3.39. The Bertz CT molecular complexity index is 626. The van der Waals surface area contributed by atoms with Gasteiger partial charge < -0.3 is 4.98 Å². The van der Waals surface area contributed by atoms with Gasteiger partial charge in [0, 0.05) is 21.6 Å². The fourth-order valence-electron chi connectivity index (χ4n) is 1.87. The number of nitrogens with one attached hydrogen (secondary N) is 1. The monoisotopic (exact) mass is 227 g/mol. The Hall–Kier alpha value is -1.73. The van der Waals surface area contributed by atoms with Crippen molar-refractivity contribution in [3.05, 3.63) is 59.6 Å². The number of hydrogen-bond donors (Lipinski definition) is 1. The first-order valence-electron chi connectivity index (χ1n) is 5.17. The summed E-state index contributed by atoms with van der Waals surface area (Å²) in [5.74, 6) is 0. The Balaban J connectivity index is 2.19. The van der Waals surface area contributed by atoms with Gasteiger partial charge in [0.05, 0.1) is 0 Å². The highest BCUT2D eigenvalue weighted by molar-refractivity contribution is 6.31. The van der Waals surface area contributed by atoms with Crippen LogP contribution in [0.2, 0.25) is 5.02 Å². The minimum atomic E-state index is 0.758. The molecule has 0 saturated carbocycles. The number of aromatic amines is 1. The molecule has 0 radical (unpaired) electrons. The number of benzene rings is 2. The van der Waals surface area contributed by atoms with Crippen molar-refractivity contribution in [2.75, 3.05) is 0 Å². The first-order chi connectivity index (χ1) is 7.83. The highest BCUT2D eigenvalue weighted by Crippen LogP contribution is 2.25. The van der Waals surface area contributed by atoms with Crippen LogP contribution in [0.3, 0.4) is 0 Å². The van der Waals surface area contributed by atoms with Crippen LogP contribution >= 0.6 is 11.6 Å². The van der Waals surface area contributed by atoms with Crippen molar-refractivity contribution in [3.63, 3.8) is 0 Å². The molecule has 0 fully saturated rings. The van der Waals surface area contributed by atoms with E-state index in [-0.39, 0.29) is 0 Å². The van der Waals surface area contributed by atoms with Crippen LogP contribution in [0.1, 0.15) is 0 Å². The molecule has 1 heterocycles. The molecule has 0 aliphatic heterocycles. The lowest BCUT2D eigenvalue weighted by molar-refractivity contribution is 1.45. The predicted molar refractivity (Wildman–Crippen MR) is 68.7 cm³/mol. The van der Waals surface area contributed by atoms with E-state index < -0.39 is 0 Å². The zero-order valence-corrected chi connectivity index (χ0v) is 9.33. The van der Waals surface area contributed by atoms with E-state index in [2.05, 4.69) is 23.2 Å². The topological polar surface area (TPSA) is 15.8 Å². The summed E-state index contributed by atoms with van der Waals surface area (Å²) < 4.78 is 0. The highest BCUT2D eigenvalue weighted by atomic mass is 35.5. The van der Waals surface area contributed by atoms with Crippen LogP contribution in [0.15, 0.2) is 54.6 Å². The summed E-state index contributed by atoms with van der Waals surface area (Å²) in [4.78, 5) is 3.37. The Morgan fingerprint density at radius 1 is 0.875 bits per heavy atom. The van der Waals surface area contributed by atoms with Gasteiger partial charge in [-0.3, -0.25) is 0 Å². The number of rotatable bonds is 1. The van der Waals surface area contributed by atoms with Crippen molar-refractivity contribution >= 4 is 22.5 Å². The van der Waals surface area contributed by atoms with E-state index in [9.17, 15) is 0 Å². The molecule has 0 saturated heterocycles. The molecule has 2 aromatic carbocycles. The minimum absolute atomic E-state index is 0.758. The molecule has 78 valence electrons. The molecule has 3 aromatic rings. The van der Waals surface area contributed by atoms with Crippen LogP contribution < -0.4 is 0 Å². The van der Waals surface area contributed by atoms with Gasteiger partial charge in [-0.1, -0.05) is 48.0 Å². The zero-order chi connectivity index (χ0) is 11.0. The number of fused-ring (bicyclic) bond motifs is 1. The van der Waals surface area contributed by atoms with E-state index in [1.165, 1.54) is 10.9 Å². The van der Waals surface area contributed by atoms with Crippen molar-refractivity contribution in [3.8, 4) is 11.3 Å². The van der Waals surface area contributed by atoms with Crippen molar-refractivity contribution in [1.29, 1.82) is 0 Å². The first-order valence-corrected chi connectivity index (χ1v) is 5.54. The normalized spacial score (nSPS) is 10.8. The fraction of sp³-hybridized carbons (Fsp3) is 0. The third kappa shape index (κ3) is 1.59. The predicted octanol–water partition coefficient (Wildman–Crippen LogP) is 4.49. The number of aromatic nitrogens is 1. The third-order valence-electron chi connectivity index (χ3n) is 2.67. The SMILES string of the molecule is Clc1ccc2cc(-c3ccccc3)[nH]c2c1. The Labute approximate surface area is 98.7 Å². The van der Waals surface area contributed by atoms with Gasteiger partial charge in [-0.25, -0.2) is 0 Å². The lowest BCUT2D eigenvalue weighted by atomic mass is 10.1. The standard InChI is InChI=1S/C14H10ClN/c15-12-7-6-11-8-13(16-14(11)9-12)10-4-2-1-3-5-10/h1-9,16H. The highest BCUT2D eigenvalue weighted by Gasteiger charge is 2.02. The van der Waals surface area contributed by atoms with Crippen molar-refractivity contribution in [1.82, 2.24) is 4.98 Å². The largest absolute Gasteiger partial charge is 0.354 e. The van der Waals surface area contributed by atoms with E-state index in [0.29, 0.717) is 0 Å². The maximum Gasteiger partial charge on any atom is 0.0473 e. The summed E-state index contributed by atoms with van der Waals surface area (Å²) >= 11 is 5.95. The van der Waals surface area contributed by atoms with E-state index in [1.54, 1.807) is 0 Å². The van der Waals surface area contributed by atoms with Gasteiger partial charge in [0.15, 0.2) is 0 Å². The number of H-pyrrole nitrogens is 1. The molecular weight excluding hydrogens is 218 g/mol. The van der Waals surface area contributed by atoms with Crippen molar-refractivity contribution in [2.24, 2.45) is 0 Å². The molecule has 0 spiro atoms. The number of halogens is 1. The van der Waals surface area contributed by atoms with E-state index in [1.807, 2.05) is 36.4 Å². The summed E-state index contributed by atoms with van der Waals surface area (Å²) in [5, 5.41) is 1.94. The summed E-state index contributed by atoms with van der Waals surface area (Å²) in [6, 6.07) is 18.3. The van der Waals surface area contributed by atoms with Crippen LogP contribution in [-0.4, -0.2) is 4.98 Å². The van der Waals surface area contributed by atoms with Crippen molar-refractivity contribution < 1.29 is 0 Å². The molecule has 3 rings (SSSR count). The second kappa shape index (κ2) is 3.69. The van der Waals surface area contributed by atoms with Gasteiger partial charge in [-0.2, -0.15) is 0 Å². The maximum absolute atomic E-state index is 5.95. The van der Waals surface area contributed by atoms with Gasteiger partial charge in [-0.15, -0.1) is 0 Å². The third-order valence-corrected chi connectivity index (χ3v) is 2.90. The van der Waals surface area contributed by atoms with Crippen LogP contribution in [0.5, 0.6) is 0 Å². The van der Waals surface area contributed by atoms with Crippen LogP contribution in [0.25, 0.3) is 22.2 Å². The number of hydrogen-bond acceptors (Lipinski definition) is 0. The molecule has 0 amide bonds. The quantitative estimate of drug-likeness (QED) is 0.631. The molecule has 2 heteroatoms. The fourth-order valence-corrected chi connectivity index (χ4v) is 2.04. The zero-order valence-electron chi connectivity index (χ0n) is 8.57. The lowest BCUT2D eigenvalue weighted by Crippen LogP contribution is -1.74. The Kier molecular flexibility index (Phi) is 2.19. The second-order valence-electron chi connectivity index (χ2n) is 3.78. The average Bonchev–Trinajstić information content (AvgIpc) is 2.73. The van der Waals surface area contributed by atoms with Gasteiger partial charge in [-0.05, 0) is 23.8 Å². The lowest BCUT2D eigenvalue weighted by Gasteiger charge is -1.95. The molecular formula is C14H10ClN. The molecule has 0 unspecified atom stereocenters. The molecule has 16 heavy (non-hydrogen) atoms. The molecule has 0 bridgehead atoms. The Morgan fingerprint density at radius 2 is 1.69 bits per heavy atom. The molecule has 1 aromatic heterocycles. The smallest absolute Gasteiger partial charge is 0.0473 e. The van der Waals surface area contributed by atoms with Gasteiger partial charge >= 0.3 is 0 Å². The van der Waals surface area contributed by atoms with E-state index in [0.717, 1.165) is 16.2 Å². The molecule has 0 atom stereocenters. The van der Waals surface area contributed by atoms with Gasteiger partial charge in [0.1, 0.15) is 0 Å². The summed E-state index contributed by atoms with van der Waals surface area (Å²) in [7, 11) is 0. The van der Waals surface area contributed by atoms with Crippen LogP contribution in [0, 0.1) is 0 Å². The molecule has 1 N–H and O–H groups in total. The van der Waals surface area contributed by atoms with E-state index >= 15 is 0 Å². The first kappa shape index (κ1) is 9.49. The Morgan fingerprint density at radius 3 is 2.50 bits per heavy atom. The van der Waals surface area contributed by atoms with Gasteiger partial charge in [0.2, 0.25) is 0 Å². The van der Waals surface area contributed by atoms with E-state index in [4.69, 9.17) is 11.6 Å². The summed E-state index contributed by atoms with van der Waals surface area (Å²) in [6.45, 7) is 0. The van der Waals surface area contributed by atoms with Gasteiger partial charge in [0.25, 0.3) is 0 Å². The second-order valence-corrected chi connectivity index (χ2v) is 4.22.